The van der Waals surface area contributed by atoms with E-state index in [1.807, 2.05) is 61.6 Å². The van der Waals surface area contributed by atoms with Crippen molar-refractivity contribution >= 4 is 17.5 Å². The normalized spacial score (nSPS) is 18.7. The monoisotopic (exact) mass is 364 g/mol. The first-order chi connectivity index (χ1) is 12.8. The van der Waals surface area contributed by atoms with Crippen LogP contribution in [-0.4, -0.2) is 37.4 Å². The molecule has 0 unspecified atom stereocenters. The summed E-state index contributed by atoms with van der Waals surface area (Å²) in [5, 5.41) is 0. The molecule has 1 aliphatic rings. The van der Waals surface area contributed by atoms with Crippen LogP contribution >= 0.6 is 0 Å². The zero-order valence-electron chi connectivity index (χ0n) is 16.6. The van der Waals surface area contributed by atoms with E-state index in [0.717, 1.165) is 16.8 Å². The van der Waals surface area contributed by atoms with E-state index in [4.69, 9.17) is 0 Å². The van der Waals surface area contributed by atoms with Crippen LogP contribution in [0.5, 0.6) is 0 Å². The van der Waals surface area contributed by atoms with Gasteiger partial charge in [0.15, 0.2) is 0 Å². The number of rotatable bonds is 6. The Balaban J connectivity index is 2.03. The third-order valence-corrected chi connectivity index (χ3v) is 5.36. The van der Waals surface area contributed by atoms with Crippen molar-refractivity contribution in [2.75, 3.05) is 25.5 Å². The van der Waals surface area contributed by atoms with E-state index < -0.39 is 5.41 Å². The summed E-state index contributed by atoms with van der Waals surface area (Å²) in [7, 11) is 3.63. The number of benzene rings is 2. The van der Waals surface area contributed by atoms with Crippen LogP contribution in [0.1, 0.15) is 31.4 Å². The van der Waals surface area contributed by atoms with Crippen LogP contribution in [0, 0.1) is 5.92 Å². The Labute approximate surface area is 161 Å². The molecule has 2 aromatic rings. The molecular weight excluding hydrogens is 336 g/mol. The standard InChI is InChI=1S/C23H28N2O2/c1-17(2)16-24(3)21(26)15-23(14-18-10-6-5-7-11-18)19-12-8-9-13-20(19)25(4)22(23)27/h5-13,17H,14-16H2,1-4H3/t23-/m1/s1. The minimum Gasteiger partial charge on any atom is -0.345 e. The molecule has 0 saturated carbocycles. The first kappa shape index (κ1) is 19.2. The third kappa shape index (κ3) is 3.61. The van der Waals surface area contributed by atoms with Crippen LogP contribution in [0.15, 0.2) is 54.6 Å². The summed E-state index contributed by atoms with van der Waals surface area (Å²) in [5.74, 6) is 0.398. The van der Waals surface area contributed by atoms with E-state index in [2.05, 4.69) is 13.8 Å². The van der Waals surface area contributed by atoms with Crippen LogP contribution in [0.4, 0.5) is 5.69 Å². The van der Waals surface area contributed by atoms with E-state index in [1.54, 1.807) is 16.8 Å². The van der Waals surface area contributed by atoms with E-state index in [0.29, 0.717) is 18.9 Å². The molecule has 2 amide bonds. The number of anilines is 1. The Morgan fingerprint density at radius 3 is 2.37 bits per heavy atom. The average molecular weight is 364 g/mol. The fourth-order valence-electron chi connectivity index (χ4n) is 4.11. The molecule has 0 bridgehead atoms. The van der Waals surface area contributed by atoms with Crippen molar-refractivity contribution in [2.24, 2.45) is 5.92 Å². The van der Waals surface area contributed by atoms with Crippen molar-refractivity contribution < 1.29 is 9.59 Å². The quantitative estimate of drug-likeness (QED) is 0.785. The lowest BCUT2D eigenvalue weighted by atomic mass is 9.73. The van der Waals surface area contributed by atoms with Gasteiger partial charge in [0.05, 0.1) is 5.41 Å². The highest BCUT2D eigenvalue weighted by molar-refractivity contribution is 6.09. The molecule has 4 heteroatoms. The van der Waals surface area contributed by atoms with Gasteiger partial charge in [0.1, 0.15) is 0 Å². The first-order valence-corrected chi connectivity index (χ1v) is 9.50. The molecule has 0 aliphatic carbocycles. The molecule has 0 spiro atoms. The average Bonchev–Trinajstić information content (AvgIpc) is 2.85. The molecule has 0 fully saturated rings. The molecule has 0 radical (unpaired) electrons. The van der Waals surface area contributed by atoms with Gasteiger partial charge in [-0.2, -0.15) is 0 Å². The van der Waals surface area contributed by atoms with Crippen molar-refractivity contribution in [3.05, 3.63) is 65.7 Å². The number of hydrogen-bond donors (Lipinski definition) is 0. The molecule has 1 aliphatic heterocycles. The molecular formula is C23H28N2O2. The molecule has 4 nitrogen and oxygen atoms in total. The minimum absolute atomic E-state index is 0.00106. The third-order valence-electron chi connectivity index (χ3n) is 5.36. The van der Waals surface area contributed by atoms with Gasteiger partial charge in [0, 0.05) is 32.7 Å². The number of hydrogen-bond acceptors (Lipinski definition) is 2. The Morgan fingerprint density at radius 2 is 1.70 bits per heavy atom. The van der Waals surface area contributed by atoms with Crippen molar-refractivity contribution in [1.29, 1.82) is 0 Å². The number of likely N-dealkylation sites (N-methyl/N-ethyl adjacent to an activating group) is 1. The molecule has 3 rings (SSSR count). The number of para-hydroxylation sites is 1. The summed E-state index contributed by atoms with van der Waals surface area (Å²) >= 11 is 0. The van der Waals surface area contributed by atoms with E-state index in [-0.39, 0.29) is 18.2 Å². The molecule has 1 atom stereocenters. The van der Waals surface area contributed by atoms with E-state index in [1.165, 1.54) is 0 Å². The predicted octanol–water partition coefficient (Wildman–Crippen LogP) is 3.65. The molecule has 0 aromatic heterocycles. The van der Waals surface area contributed by atoms with Crippen molar-refractivity contribution in [2.45, 2.75) is 32.1 Å². The largest absolute Gasteiger partial charge is 0.345 e. The summed E-state index contributed by atoms with van der Waals surface area (Å²) in [6, 6.07) is 17.8. The molecule has 0 saturated heterocycles. The molecule has 2 aromatic carbocycles. The van der Waals surface area contributed by atoms with Gasteiger partial charge in [-0.05, 0) is 29.5 Å². The molecule has 27 heavy (non-hydrogen) atoms. The smallest absolute Gasteiger partial charge is 0.238 e. The second-order valence-electron chi connectivity index (χ2n) is 7.97. The van der Waals surface area contributed by atoms with Gasteiger partial charge in [-0.25, -0.2) is 0 Å². The van der Waals surface area contributed by atoms with Crippen LogP contribution in [0.25, 0.3) is 0 Å². The Morgan fingerprint density at radius 1 is 1.07 bits per heavy atom. The number of carbonyl (C=O) groups is 2. The van der Waals surface area contributed by atoms with Gasteiger partial charge in [-0.15, -0.1) is 0 Å². The van der Waals surface area contributed by atoms with Crippen molar-refractivity contribution in [3.63, 3.8) is 0 Å². The summed E-state index contributed by atoms with van der Waals surface area (Å²) in [4.78, 5) is 29.9. The lowest BCUT2D eigenvalue weighted by molar-refractivity contribution is -0.135. The van der Waals surface area contributed by atoms with Gasteiger partial charge >= 0.3 is 0 Å². The second-order valence-corrected chi connectivity index (χ2v) is 7.97. The number of carbonyl (C=O) groups excluding carboxylic acids is 2. The van der Waals surface area contributed by atoms with Crippen molar-refractivity contribution in [3.8, 4) is 0 Å². The minimum atomic E-state index is -0.852. The van der Waals surface area contributed by atoms with Crippen molar-refractivity contribution in [1.82, 2.24) is 4.90 Å². The molecule has 142 valence electrons. The summed E-state index contributed by atoms with van der Waals surface area (Å²) in [6.07, 6.45) is 0.709. The van der Waals surface area contributed by atoms with E-state index in [9.17, 15) is 9.59 Å². The fraction of sp³-hybridized carbons (Fsp3) is 0.391. The van der Waals surface area contributed by atoms with Gasteiger partial charge in [0.2, 0.25) is 11.8 Å². The number of fused-ring (bicyclic) bond motifs is 1. The molecule has 1 heterocycles. The SMILES string of the molecule is CC(C)CN(C)C(=O)C[C@@]1(Cc2ccccc2)C(=O)N(C)c2ccccc21. The fourth-order valence-corrected chi connectivity index (χ4v) is 4.11. The van der Waals surface area contributed by atoms with Crippen LogP contribution in [0.3, 0.4) is 0 Å². The first-order valence-electron chi connectivity index (χ1n) is 9.50. The molecule has 0 N–H and O–H groups in total. The van der Waals surface area contributed by atoms with E-state index >= 15 is 0 Å². The number of nitrogens with zero attached hydrogens (tertiary/aromatic N) is 2. The highest BCUT2D eigenvalue weighted by atomic mass is 16.2. The summed E-state index contributed by atoms with van der Waals surface area (Å²) in [6.45, 7) is 4.87. The Bertz CT molecular complexity index is 831. The van der Waals surface area contributed by atoms with Gasteiger partial charge in [0.25, 0.3) is 0 Å². The topological polar surface area (TPSA) is 40.6 Å². The Hall–Kier alpha value is -2.62. The van der Waals surface area contributed by atoms with Crippen LogP contribution in [-0.2, 0) is 21.4 Å². The van der Waals surface area contributed by atoms with Gasteiger partial charge < -0.3 is 9.80 Å². The van der Waals surface area contributed by atoms with Crippen LogP contribution < -0.4 is 4.90 Å². The Kier molecular flexibility index (Phi) is 5.36. The second kappa shape index (κ2) is 7.55. The highest BCUT2D eigenvalue weighted by Crippen LogP contribution is 2.45. The maximum atomic E-state index is 13.4. The van der Waals surface area contributed by atoms with Gasteiger partial charge in [-0.1, -0.05) is 62.4 Å². The highest BCUT2D eigenvalue weighted by Gasteiger charge is 2.51. The lowest BCUT2D eigenvalue weighted by Crippen LogP contribution is -2.45. The zero-order chi connectivity index (χ0) is 19.6. The maximum Gasteiger partial charge on any atom is 0.238 e. The van der Waals surface area contributed by atoms with Crippen LogP contribution in [0.2, 0.25) is 0 Å². The summed E-state index contributed by atoms with van der Waals surface area (Å²) in [5.41, 5.74) is 2.07. The lowest BCUT2D eigenvalue weighted by Gasteiger charge is -2.30. The predicted molar refractivity (Wildman–Crippen MR) is 109 cm³/mol. The summed E-state index contributed by atoms with van der Waals surface area (Å²) < 4.78 is 0. The zero-order valence-corrected chi connectivity index (χ0v) is 16.6. The number of amides is 2. The maximum absolute atomic E-state index is 13.4. The van der Waals surface area contributed by atoms with Gasteiger partial charge in [-0.3, -0.25) is 9.59 Å².